The number of aromatic hydroxyl groups is 1. The molecule has 0 unspecified atom stereocenters. The number of nitrogens with one attached hydrogen (secondary N) is 2. The quantitative estimate of drug-likeness (QED) is 0.0870. The number of anilines is 1. The predicted molar refractivity (Wildman–Crippen MR) is 168 cm³/mol. The number of phenols is 1. The van der Waals surface area contributed by atoms with Gasteiger partial charge in [0.05, 0.1) is 0 Å². The van der Waals surface area contributed by atoms with Crippen LogP contribution in [0, 0.1) is 0 Å². The van der Waals surface area contributed by atoms with Crippen LogP contribution < -0.4 is 15.5 Å². The Hall–Kier alpha value is -5.36. The van der Waals surface area contributed by atoms with E-state index in [0.717, 1.165) is 12.1 Å². The van der Waals surface area contributed by atoms with Crippen molar-refractivity contribution in [2.24, 2.45) is 0 Å². The molecule has 3 N–H and O–H groups in total. The SMILES string of the molecule is CCCOCCCC(=O)c1cc(CN(CC)c2ccc(C=C3C(=O)NC(=O)NC3=O)cc2)c(O)c(-n2nc3ccccc3n2)c1. The van der Waals surface area contributed by atoms with Crippen LogP contribution in [0.1, 0.15) is 54.6 Å². The van der Waals surface area contributed by atoms with Gasteiger partial charge < -0.3 is 14.7 Å². The molecule has 1 aromatic heterocycles. The van der Waals surface area contributed by atoms with E-state index >= 15 is 0 Å². The zero-order valence-corrected chi connectivity index (χ0v) is 25.1. The molecule has 12 heteroatoms. The number of nitrogens with zero attached hydrogens (tertiary/aromatic N) is 4. The average Bonchev–Trinajstić information content (AvgIpc) is 3.46. The van der Waals surface area contributed by atoms with Crippen LogP contribution >= 0.6 is 0 Å². The summed E-state index contributed by atoms with van der Waals surface area (Å²) in [6, 6.07) is 17.0. The molecule has 232 valence electrons. The molecule has 0 atom stereocenters. The molecule has 1 saturated heterocycles. The van der Waals surface area contributed by atoms with E-state index in [1.807, 2.05) is 55.1 Å². The fraction of sp³-hybridized carbons (Fsp3) is 0.273. The average molecular weight is 611 g/mol. The maximum atomic E-state index is 13.3. The van der Waals surface area contributed by atoms with E-state index in [1.54, 1.807) is 24.3 Å². The topological polar surface area (TPSA) is 156 Å². The smallest absolute Gasteiger partial charge is 0.328 e. The van der Waals surface area contributed by atoms with E-state index in [1.165, 1.54) is 10.9 Å². The Kier molecular flexibility index (Phi) is 9.64. The van der Waals surface area contributed by atoms with Crippen LogP contribution in [0.3, 0.4) is 0 Å². The van der Waals surface area contributed by atoms with E-state index in [0.29, 0.717) is 66.0 Å². The standard InChI is InChI=1S/C33H34N6O6/c1-3-15-45-16-7-10-29(40)22-18-23(30(41)28(19-22)39-36-26-8-5-6-9-27(26)37-39)20-38(4-2)24-13-11-21(12-14-24)17-25-31(42)34-33(44)35-32(25)43/h5-6,8-9,11-14,17-19,41H,3-4,7,10,15-16,20H2,1-2H3,(H2,34,35,42,43,44). The molecule has 2 heterocycles. The molecule has 0 aliphatic carbocycles. The van der Waals surface area contributed by atoms with Crippen molar-refractivity contribution in [1.29, 1.82) is 0 Å². The van der Waals surface area contributed by atoms with Gasteiger partial charge in [-0.2, -0.15) is 0 Å². The molecule has 5 rings (SSSR count). The lowest BCUT2D eigenvalue weighted by molar-refractivity contribution is -0.123. The molecule has 1 fully saturated rings. The Morgan fingerprint density at radius 1 is 0.956 bits per heavy atom. The van der Waals surface area contributed by atoms with Gasteiger partial charge >= 0.3 is 6.03 Å². The summed E-state index contributed by atoms with van der Waals surface area (Å²) in [4.78, 5) is 52.2. The molecule has 4 amide bonds. The van der Waals surface area contributed by atoms with Crippen molar-refractivity contribution in [1.82, 2.24) is 25.6 Å². The number of phenolic OH excluding ortho intramolecular Hbond substituents is 1. The number of hydrogen-bond donors (Lipinski definition) is 3. The summed E-state index contributed by atoms with van der Waals surface area (Å²) in [6.45, 7) is 5.98. The fourth-order valence-corrected chi connectivity index (χ4v) is 4.95. The highest BCUT2D eigenvalue weighted by Gasteiger charge is 2.27. The molecule has 1 aliphatic rings. The third-order valence-corrected chi connectivity index (χ3v) is 7.29. The highest BCUT2D eigenvalue weighted by molar-refractivity contribution is 6.31. The maximum absolute atomic E-state index is 13.3. The van der Waals surface area contributed by atoms with Gasteiger partial charge in [0.15, 0.2) is 5.78 Å². The summed E-state index contributed by atoms with van der Waals surface area (Å²) < 4.78 is 5.54. The van der Waals surface area contributed by atoms with Gasteiger partial charge in [-0.3, -0.25) is 25.0 Å². The summed E-state index contributed by atoms with van der Waals surface area (Å²) in [5.74, 6) is -1.65. The van der Waals surface area contributed by atoms with Gasteiger partial charge in [-0.05, 0) is 67.8 Å². The van der Waals surface area contributed by atoms with Crippen molar-refractivity contribution in [3.63, 3.8) is 0 Å². The zero-order valence-electron chi connectivity index (χ0n) is 25.1. The Bertz CT molecular complexity index is 1720. The number of fused-ring (bicyclic) bond motifs is 1. The lowest BCUT2D eigenvalue weighted by atomic mass is 10.0. The van der Waals surface area contributed by atoms with Crippen LogP contribution in [-0.4, -0.2) is 63.5 Å². The van der Waals surface area contributed by atoms with Gasteiger partial charge in [-0.15, -0.1) is 15.0 Å². The van der Waals surface area contributed by atoms with Crippen molar-refractivity contribution in [3.05, 3.63) is 82.9 Å². The van der Waals surface area contributed by atoms with Gasteiger partial charge in [0.25, 0.3) is 11.8 Å². The number of rotatable bonds is 13. The molecular formula is C33H34N6O6. The van der Waals surface area contributed by atoms with Crippen LogP contribution in [0.15, 0.2) is 66.2 Å². The molecule has 0 spiro atoms. The van der Waals surface area contributed by atoms with Crippen LogP contribution in [0.5, 0.6) is 5.75 Å². The summed E-state index contributed by atoms with van der Waals surface area (Å²) in [5.41, 5.74) is 3.79. The molecule has 0 radical (unpaired) electrons. The minimum Gasteiger partial charge on any atom is -0.505 e. The van der Waals surface area contributed by atoms with Crippen LogP contribution in [0.4, 0.5) is 10.5 Å². The Morgan fingerprint density at radius 3 is 2.24 bits per heavy atom. The van der Waals surface area contributed by atoms with Crippen LogP contribution in [0.2, 0.25) is 0 Å². The van der Waals surface area contributed by atoms with E-state index in [-0.39, 0.29) is 23.7 Å². The molecule has 3 aromatic carbocycles. The molecule has 4 aromatic rings. The number of carbonyl (C=O) groups excluding carboxylic acids is 4. The summed E-state index contributed by atoms with van der Waals surface area (Å²) in [5, 5.41) is 24.6. The highest BCUT2D eigenvalue weighted by Crippen LogP contribution is 2.31. The number of ketones is 1. The second kappa shape index (κ2) is 14.0. The van der Waals surface area contributed by atoms with Gasteiger partial charge in [-0.1, -0.05) is 31.2 Å². The van der Waals surface area contributed by atoms with Crippen molar-refractivity contribution in [3.8, 4) is 11.4 Å². The molecule has 0 saturated carbocycles. The van der Waals surface area contributed by atoms with Gasteiger partial charge in [0.2, 0.25) is 0 Å². The Balaban J connectivity index is 1.43. The first-order valence-corrected chi connectivity index (χ1v) is 14.8. The lowest BCUT2D eigenvalue weighted by Crippen LogP contribution is -2.51. The minimum atomic E-state index is -0.856. The second-order valence-electron chi connectivity index (χ2n) is 10.5. The largest absolute Gasteiger partial charge is 0.505 e. The number of Topliss-reactive ketones (excluding diaryl/α,β-unsaturated/α-hetero) is 1. The van der Waals surface area contributed by atoms with Crippen molar-refractivity contribution < 1.29 is 29.0 Å². The summed E-state index contributed by atoms with van der Waals surface area (Å²) in [6.07, 6.45) is 3.19. The number of benzene rings is 3. The first-order chi connectivity index (χ1) is 21.8. The first kappa shape index (κ1) is 31.1. The Morgan fingerprint density at radius 2 is 1.62 bits per heavy atom. The number of imide groups is 2. The van der Waals surface area contributed by atoms with E-state index in [9.17, 15) is 24.3 Å². The molecular weight excluding hydrogens is 576 g/mol. The normalized spacial score (nSPS) is 13.1. The number of urea groups is 1. The molecule has 1 aliphatic heterocycles. The number of aromatic nitrogens is 3. The fourth-order valence-electron chi connectivity index (χ4n) is 4.95. The number of ether oxygens (including phenoxy) is 1. The van der Waals surface area contributed by atoms with Crippen molar-refractivity contribution >= 4 is 46.4 Å². The molecule has 0 bridgehead atoms. The second-order valence-corrected chi connectivity index (χ2v) is 10.5. The summed E-state index contributed by atoms with van der Waals surface area (Å²) in [7, 11) is 0. The highest BCUT2D eigenvalue weighted by atomic mass is 16.5. The summed E-state index contributed by atoms with van der Waals surface area (Å²) >= 11 is 0. The van der Waals surface area contributed by atoms with Crippen molar-refractivity contribution in [2.75, 3.05) is 24.7 Å². The minimum absolute atomic E-state index is 0.0400. The van der Waals surface area contributed by atoms with Gasteiger partial charge in [0, 0.05) is 49.5 Å². The first-order valence-electron chi connectivity index (χ1n) is 14.8. The molecule has 45 heavy (non-hydrogen) atoms. The number of carbonyl (C=O) groups is 4. The van der Waals surface area contributed by atoms with E-state index in [4.69, 9.17) is 4.74 Å². The zero-order chi connectivity index (χ0) is 31.9. The van der Waals surface area contributed by atoms with Crippen LogP contribution in [0.25, 0.3) is 22.8 Å². The monoisotopic (exact) mass is 610 g/mol. The van der Waals surface area contributed by atoms with E-state index < -0.39 is 17.8 Å². The van der Waals surface area contributed by atoms with Crippen LogP contribution in [-0.2, 0) is 20.9 Å². The van der Waals surface area contributed by atoms with E-state index in [2.05, 4.69) is 20.8 Å². The Labute approximate surface area is 259 Å². The van der Waals surface area contributed by atoms with Crippen molar-refractivity contribution in [2.45, 2.75) is 39.7 Å². The number of amides is 4. The third kappa shape index (κ3) is 7.24. The molecule has 12 nitrogen and oxygen atoms in total. The predicted octanol–water partition coefficient (Wildman–Crippen LogP) is 4.29. The number of barbiturate groups is 1. The maximum Gasteiger partial charge on any atom is 0.328 e. The number of hydrogen-bond acceptors (Lipinski definition) is 9. The van der Waals surface area contributed by atoms with Gasteiger partial charge in [0.1, 0.15) is 28.0 Å². The third-order valence-electron chi connectivity index (χ3n) is 7.29. The van der Waals surface area contributed by atoms with Gasteiger partial charge in [-0.25, -0.2) is 4.79 Å². The lowest BCUT2D eigenvalue weighted by Gasteiger charge is -2.25.